The Hall–Kier alpha value is -3.62. The quantitative estimate of drug-likeness (QED) is 0.522. The molecule has 2 heterocycles. The summed E-state index contributed by atoms with van der Waals surface area (Å²) < 4.78 is 5.02. The molecule has 2 amide bonds. The smallest absolute Gasteiger partial charge is 0.287 e. The van der Waals surface area contributed by atoms with E-state index in [4.69, 9.17) is 9.40 Å². The zero-order valence-corrected chi connectivity index (χ0v) is 18.3. The molecule has 0 radical (unpaired) electrons. The van der Waals surface area contributed by atoms with E-state index in [-0.39, 0.29) is 30.3 Å². The van der Waals surface area contributed by atoms with E-state index in [9.17, 15) is 9.59 Å². The molecule has 0 bridgehead atoms. The molecule has 0 unspecified atom stereocenters. The van der Waals surface area contributed by atoms with E-state index in [2.05, 4.69) is 20.9 Å². The number of rotatable bonds is 7. The van der Waals surface area contributed by atoms with Gasteiger partial charge in [-0.1, -0.05) is 12.1 Å². The Labute approximate surface area is 186 Å². The number of amides is 2. The lowest BCUT2D eigenvalue weighted by molar-refractivity contribution is -0.121. The molecule has 1 aliphatic rings. The second-order valence-electron chi connectivity index (χ2n) is 8.20. The van der Waals surface area contributed by atoms with Crippen molar-refractivity contribution in [3.05, 3.63) is 48.4 Å². The molecule has 0 aliphatic heterocycles. The molecule has 1 aromatic carbocycles. The van der Waals surface area contributed by atoms with Crippen molar-refractivity contribution in [3.8, 4) is 0 Å². The van der Waals surface area contributed by atoms with E-state index < -0.39 is 5.91 Å². The van der Waals surface area contributed by atoms with Gasteiger partial charge in [-0.15, -0.1) is 0 Å². The maximum atomic E-state index is 12.2. The van der Waals surface area contributed by atoms with Crippen molar-refractivity contribution in [2.75, 3.05) is 30.9 Å². The number of fused-ring (bicyclic) bond motifs is 1. The summed E-state index contributed by atoms with van der Waals surface area (Å²) in [5.74, 6) is 1.11. The summed E-state index contributed by atoms with van der Waals surface area (Å²) in [6.07, 6.45) is 4.92. The average Bonchev–Trinajstić information content (AvgIpc) is 3.33. The van der Waals surface area contributed by atoms with E-state index in [1.165, 1.54) is 6.26 Å². The first-order valence-corrected chi connectivity index (χ1v) is 10.8. The molecule has 3 N–H and O–H groups in total. The Balaban J connectivity index is 1.27. The summed E-state index contributed by atoms with van der Waals surface area (Å²) in [5.41, 5.74) is 0.909. The van der Waals surface area contributed by atoms with Crippen LogP contribution in [0, 0.1) is 0 Å². The first-order chi connectivity index (χ1) is 15.5. The van der Waals surface area contributed by atoms with Crippen molar-refractivity contribution in [1.82, 2.24) is 20.6 Å². The molecule has 1 fully saturated rings. The highest BCUT2D eigenvalue weighted by Crippen LogP contribution is 2.26. The fourth-order valence-corrected chi connectivity index (χ4v) is 3.96. The van der Waals surface area contributed by atoms with Gasteiger partial charge in [-0.05, 0) is 49.9 Å². The van der Waals surface area contributed by atoms with Gasteiger partial charge in [0.05, 0.1) is 18.3 Å². The van der Waals surface area contributed by atoms with Gasteiger partial charge in [-0.25, -0.2) is 4.98 Å². The summed E-state index contributed by atoms with van der Waals surface area (Å²) in [6.45, 7) is -0.0735. The number of anilines is 2. The number of furan rings is 1. The summed E-state index contributed by atoms with van der Waals surface area (Å²) in [6, 6.07) is 11.5. The molecule has 168 valence electrons. The zero-order valence-electron chi connectivity index (χ0n) is 18.3. The first-order valence-electron chi connectivity index (χ1n) is 10.8. The number of nitrogens with zero attached hydrogens (tertiary/aromatic N) is 3. The van der Waals surface area contributed by atoms with Crippen LogP contribution in [0.3, 0.4) is 0 Å². The Morgan fingerprint density at radius 2 is 1.78 bits per heavy atom. The van der Waals surface area contributed by atoms with Gasteiger partial charge < -0.3 is 25.3 Å². The molecule has 0 saturated heterocycles. The van der Waals surface area contributed by atoms with Crippen molar-refractivity contribution in [2.24, 2.45) is 0 Å². The molecule has 0 spiro atoms. The number of para-hydroxylation sites is 1. The van der Waals surface area contributed by atoms with Crippen LogP contribution in [0.2, 0.25) is 0 Å². The predicted octanol–water partition coefficient (Wildman–Crippen LogP) is 2.56. The lowest BCUT2D eigenvalue weighted by Gasteiger charge is -2.30. The number of aromatic nitrogens is 2. The molecule has 4 rings (SSSR count). The number of nitrogens with one attached hydrogen (secondary N) is 3. The van der Waals surface area contributed by atoms with Crippen LogP contribution in [-0.2, 0) is 4.79 Å². The predicted molar refractivity (Wildman–Crippen MR) is 123 cm³/mol. The Morgan fingerprint density at radius 1 is 1.03 bits per heavy atom. The molecule has 1 saturated carbocycles. The molecule has 0 atom stereocenters. The third kappa shape index (κ3) is 5.16. The highest BCUT2D eigenvalue weighted by molar-refractivity contribution is 5.94. The van der Waals surface area contributed by atoms with Crippen LogP contribution < -0.4 is 20.9 Å². The molecule has 9 nitrogen and oxygen atoms in total. The number of hydrogen-bond acceptors (Lipinski definition) is 7. The summed E-state index contributed by atoms with van der Waals surface area (Å²) in [5, 5.41) is 10.1. The third-order valence-electron chi connectivity index (χ3n) is 5.59. The largest absolute Gasteiger partial charge is 0.459 e. The highest BCUT2D eigenvalue weighted by atomic mass is 16.3. The van der Waals surface area contributed by atoms with E-state index in [1.54, 1.807) is 12.1 Å². The van der Waals surface area contributed by atoms with Gasteiger partial charge in [-0.3, -0.25) is 9.59 Å². The average molecular weight is 437 g/mol. The van der Waals surface area contributed by atoms with Crippen molar-refractivity contribution in [2.45, 2.75) is 37.8 Å². The molecule has 2 aromatic heterocycles. The lowest BCUT2D eigenvalue weighted by atomic mass is 9.91. The topological polar surface area (TPSA) is 112 Å². The molecule has 1 aliphatic carbocycles. The number of carbonyl (C=O) groups excluding carboxylic acids is 2. The van der Waals surface area contributed by atoms with Crippen molar-refractivity contribution >= 4 is 34.5 Å². The first kappa shape index (κ1) is 21.6. The minimum Gasteiger partial charge on any atom is -0.459 e. The summed E-state index contributed by atoms with van der Waals surface area (Å²) >= 11 is 0. The second kappa shape index (κ2) is 9.67. The molecular weight excluding hydrogens is 408 g/mol. The fourth-order valence-electron chi connectivity index (χ4n) is 3.96. The van der Waals surface area contributed by atoms with E-state index in [1.807, 2.05) is 43.3 Å². The van der Waals surface area contributed by atoms with Crippen LogP contribution in [0.1, 0.15) is 36.2 Å². The monoisotopic (exact) mass is 436 g/mol. The standard InChI is InChI=1S/C23H28N6O3/c1-29(2)21-17-6-3-4-7-18(17)27-23(28-21)26-16-11-9-15(10-12-16)25-20(30)14-24-22(31)19-8-5-13-32-19/h3-8,13,15-16H,9-12,14H2,1-2H3,(H,24,31)(H,25,30)(H,26,27,28)/t15-,16+. The van der Waals surface area contributed by atoms with Crippen LogP contribution in [0.25, 0.3) is 10.9 Å². The molecule has 32 heavy (non-hydrogen) atoms. The van der Waals surface area contributed by atoms with E-state index in [0.717, 1.165) is 42.4 Å². The number of hydrogen-bond donors (Lipinski definition) is 3. The third-order valence-corrected chi connectivity index (χ3v) is 5.59. The molecule has 9 heteroatoms. The van der Waals surface area contributed by atoms with Gasteiger partial charge in [0.2, 0.25) is 11.9 Å². The number of benzene rings is 1. The minimum atomic E-state index is -0.398. The van der Waals surface area contributed by atoms with Gasteiger partial charge >= 0.3 is 0 Å². The molecule has 3 aromatic rings. The van der Waals surface area contributed by atoms with Gasteiger partial charge in [-0.2, -0.15) is 4.98 Å². The SMILES string of the molecule is CN(C)c1nc(N[C@H]2CC[C@@H](NC(=O)CNC(=O)c3ccco3)CC2)nc2ccccc12. The van der Waals surface area contributed by atoms with Crippen molar-refractivity contribution in [3.63, 3.8) is 0 Å². The van der Waals surface area contributed by atoms with Gasteiger partial charge in [0.1, 0.15) is 5.82 Å². The Bertz CT molecular complexity index is 1070. The van der Waals surface area contributed by atoms with Gasteiger partial charge in [0, 0.05) is 31.6 Å². The van der Waals surface area contributed by atoms with Crippen molar-refractivity contribution in [1.29, 1.82) is 0 Å². The van der Waals surface area contributed by atoms with Crippen LogP contribution in [0.5, 0.6) is 0 Å². The lowest BCUT2D eigenvalue weighted by Crippen LogP contribution is -2.44. The van der Waals surface area contributed by atoms with E-state index >= 15 is 0 Å². The van der Waals surface area contributed by atoms with Crippen LogP contribution in [0.4, 0.5) is 11.8 Å². The summed E-state index contributed by atoms with van der Waals surface area (Å²) in [7, 11) is 3.95. The zero-order chi connectivity index (χ0) is 22.5. The summed E-state index contributed by atoms with van der Waals surface area (Å²) in [4.78, 5) is 35.4. The van der Waals surface area contributed by atoms with Gasteiger partial charge in [0.25, 0.3) is 5.91 Å². The highest BCUT2D eigenvalue weighted by Gasteiger charge is 2.23. The minimum absolute atomic E-state index is 0.0735. The normalized spacial score (nSPS) is 18.2. The van der Waals surface area contributed by atoms with Crippen LogP contribution in [0.15, 0.2) is 47.1 Å². The number of carbonyl (C=O) groups is 2. The van der Waals surface area contributed by atoms with E-state index in [0.29, 0.717) is 5.95 Å². The fraction of sp³-hybridized carbons (Fsp3) is 0.391. The Kier molecular flexibility index (Phi) is 6.53. The van der Waals surface area contributed by atoms with Crippen molar-refractivity contribution < 1.29 is 14.0 Å². The van der Waals surface area contributed by atoms with Crippen LogP contribution in [-0.4, -0.2) is 54.5 Å². The second-order valence-corrected chi connectivity index (χ2v) is 8.20. The molecular formula is C23H28N6O3. The Morgan fingerprint density at radius 3 is 2.50 bits per heavy atom. The maximum absolute atomic E-state index is 12.2. The van der Waals surface area contributed by atoms with Crippen LogP contribution >= 0.6 is 0 Å². The van der Waals surface area contributed by atoms with Gasteiger partial charge in [0.15, 0.2) is 5.76 Å². The maximum Gasteiger partial charge on any atom is 0.287 e.